The van der Waals surface area contributed by atoms with Crippen molar-refractivity contribution in [1.82, 2.24) is 25.4 Å². The second kappa shape index (κ2) is 10.8. The molecule has 0 bridgehead atoms. The van der Waals surface area contributed by atoms with Crippen LogP contribution in [0, 0.1) is 5.53 Å². The molecule has 0 saturated carbocycles. The molecule has 0 spiro atoms. The highest BCUT2D eigenvalue weighted by Gasteiger charge is 1.87. The van der Waals surface area contributed by atoms with Gasteiger partial charge in [0.25, 0.3) is 0 Å². The number of hydrogen-bond donors (Lipinski definition) is 5. The minimum absolute atomic E-state index is 0.671. The van der Waals surface area contributed by atoms with Crippen LogP contribution in [-0.2, 0) is 6.42 Å². The van der Waals surface area contributed by atoms with Gasteiger partial charge in [0.1, 0.15) is 0 Å². The van der Waals surface area contributed by atoms with E-state index in [1.165, 1.54) is 0 Å². The molecule has 7 N–H and O–H groups in total. The van der Waals surface area contributed by atoms with Gasteiger partial charge in [-0.15, -0.1) is 5.10 Å². The Balaban J connectivity index is 0.000000241. The molecule has 0 aliphatic carbocycles. The molecule has 0 amide bonds. The van der Waals surface area contributed by atoms with Crippen LogP contribution in [0.5, 0.6) is 0 Å². The van der Waals surface area contributed by atoms with Gasteiger partial charge in [0.2, 0.25) is 0 Å². The number of imidazole rings is 1. The third-order valence-electron chi connectivity index (χ3n) is 1.29. The lowest BCUT2D eigenvalue weighted by molar-refractivity contribution is 0.935. The van der Waals surface area contributed by atoms with Crippen LogP contribution < -0.4 is 11.6 Å². The molecule has 0 unspecified atom stereocenters. The second-order valence-electron chi connectivity index (χ2n) is 2.39. The van der Waals surface area contributed by atoms with E-state index in [1.54, 1.807) is 18.7 Å². The molecule has 16 heavy (non-hydrogen) atoms. The summed E-state index contributed by atoms with van der Waals surface area (Å²) in [7, 11) is 0. The number of rotatable bonds is 2. The third kappa shape index (κ3) is 8.31. The predicted octanol–water partition coefficient (Wildman–Crippen LogP) is -0.393. The summed E-state index contributed by atoms with van der Waals surface area (Å²) in [6, 6.07) is 0. The van der Waals surface area contributed by atoms with Gasteiger partial charge in [-0.2, -0.15) is 5.53 Å². The molecule has 0 aliphatic heterocycles. The lowest BCUT2D eigenvalue weighted by atomic mass is 10.3. The number of nitrogens with one attached hydrogen (secondary N) is 3. The van der Waals surface area contributed by atoms with E-state index in [4.69, 9.17) is 11.3 Å². The van der Waals surface area contributed by atoms with Gasteiger partial charge >= 0.3 is 0 Å². The van der Waals surface area contributed by atoms with Crippen LogP contribution in [0.1, 0.15) is 5.69 Å². The van der Waals surface area contributed by atoms with Crippen molar-refractivity contribution in [2.45, 2.75) is 6.42 Å². The van der Waals surface area contributed by atoms with Gasteiger partial charge in [-0.05, 0) is 6.54 Å². The number of hydrogen-bond acceptors (Lipinski definition) is 6. The fourth-order valence-corrected chi connectivity index (χ4v) is 0.742. The van der Waals surface area contributed by atoms with E-state index < -0.39 is 0 Å². The molecule has 0 radical (unpaired) electrons. The normalized spacial score (nSPS) is 8.06. The summed E-state index contributed by atoms with van der Waals surface area (Å²) in [6.45, 7) is 0.671. The summed E-state index contributed by atoms with van der Waals surface area (Å²) < 4.78 is 0. The molecule has 0 atom stereocenters. The van der Waals surface area contributed by atoms with Crippen LogP contribution in [0.4, 0.5) is 0 Å². The zero-order valence-electron chi connectivity index (χ0n) is 8.67. The zero-order chi connectivity index (χ0) is 12.1. The van der Waals surface area contributed by atoms with Crippen molar-refractivity contribution in [2.75, 3.05) is 6.54 Å². The van der Waals surface area contributed by atoms with Crippen LogP contribution in [0.2, 0.25) is 0 Å². The van der Waals surface area contributed by atoms with E-state index in [1.807, 2.05) is 6.20 Å². The van der Waals surface area contributed by atoms with E-state index in [0.717, 1.165) is 12.1 Å². The lowest BCUT2D eigenvalue weighted by Gasteiger charge is -1.85. The molecule has 2 aromatic rings. The number of aromatic amines is 2. The van der Waals surface area contributed by atoms with E-state index in [2.05, 4.69) is 36.4 Å². The minimum Gasteiger partial charge on any atom is -0.351 e. The van der Waals surface area contributed by atoms with Crippen LogP contribution in [-0.4, -0.2) is 31.9 Å². The van der Waals surface area contributed by atoms with E-state index >= 15 is 0 Å². The fraction of sp³-hybridized carbons (Fsp3) is 0.286. The van der Waals surface area contributed by atoms with Crippen molar-refractivity contribution >= 4 is 0 Å². The molecule has 0 aromatic carbocycles. The third-order valence-corrected chi connectivity index (χ3v) is 1.29. The quantitative estimate of drug-likeness (QED) is 0.267. The van der Waals surface area contributed by atoms with Gasteiger partial charge in [0.05, 0.1) is 18.2 Å². The average molecular weight is 225 g/mol. The van der Waals surface area contributed by atoms with Gasteiger partial charge in [0, 0.05) is 18.8 Å². The Hall–Kier alpha value is -2.29. The first-order valence-electron chi connectivity index (χ1n) is 4.40. The predicted molar refractivity (Wildman–Crippen MR) is 57.1 cm³/mol. The molecule has 2 aromatic heterocycles. The molecule has 0 saturated heterocycles. The summed E-state index contributed by atoms with van der Waals surface area (Å²) in [6.07, 6.45) is 7.61. The monoisotopic (exact) mass is 225 g/mol. The van der Waals surface area contributed by atoms with Crippen molar-refractivity contribution in [2.24, 2.45) is 16.8 Å². The Morgan fingerprint density at radius 3 is 2.56 bits per heavy atom. The van der Waals surface area contributed by atoms with Gasteiger partial charge in [0.15, 0.2) is 0 Å². The molecule has 9 heteroatoms. The molecule has 0 aliphatic rings. The number of aromatic nitrogens is 5. The molecular formula is C7H15N9. The standard InChI is InChI=1S/C5H9N3.C2H3N3.H3N3/c6-2-1-5-3-7-4-8-5;1-2-4-5-3-1;1-3-2/h3-4H,1-2,6H2,(H,7,8);1-2H,(H,3,4,5);(H3,1,2). The Labute approximate surface area is 92.1 Å². The van der Waals surface area contributed by atoms with Gasteiger partial charge in [-0.25, -0.2) is 4.98 Å². The fourth-order valence-electron chi connectivity index (χ4n) is 0.742. The Kier molecular flexibility index (Phi) is 9.24. The van der Waals surface area contributed by atoms with E-state index in [-0.39, 0.29) is 0 Å². The number of H-pyrrole nitrogens is 2. The molecule has 0 fully saturated rings. The Morgan fingerprint density at radius 1 is 1.50 bits per heavy atom. The Bertz CT molecular complexity index is 296. The minimum atomic E-state index is 0.671. The number of nitrogens with two attached hydrogens (primary N) is 2. The van der Waals surface area contributed by atoms with Crippen LogP contribution in [0.3, 0.4) is 0 Å². The van der Waals surface area contributed by atoms with Gasteiger partial charge < -0.3 is 16.6 Å². The Morgan fingerprint density at radius 2 is 2.25 bits per heavy atom. The first kappa shape index (κ1) is 13.7. The molecular weight excluding hydrogens is 210 g/mol. The summed E-state index contributed by atoms with van der Waals surface area (Å²) in [5.41, 5.74) is 11.9. The van der Waals surface area contributed by atoms with E-state index in [9.17, 15) is 0 Å². The van der Waals surface area contributed by atoms with Gasteiger partial charge in [-0.3, -0.25) is 5.10 Å². The van der Waals surface area contributed by atoms with Crippen LogP contribution >= 0.6 is 0 Å². The van der Waals surface area contributed by atoms with Crippen molar-refractivity contribution in [1.29, 1.82) is 5.53 Å². The molecule has 9 nitrogen and oxygen atoms in total. The maximum Gasteiger partial charge on any atom is 0.0923 e. The second-order valence-corrected chi connectivity index (χ2v) is 2.39. The first-order valence-corrected chi connectivity index (χ1v) is 4.40. The summed E-state index contributed by atoms with van der Waals surface area (Å²) >= 11 is 0. The van der Waals surface area contributed by atoms with Crippen molar-refractivity contribution in [3.63, 3.8) is 0 Å². The summed E-state index contributed by atoms with van der Waals surface area (Å²) in [5, 5.41) is 11.5. The highest BCUT2D eigenvalue weighted by Crippen LogP contribution is 1.88. The first-order chi connectivity index (χ1) is 7.85. The van der Waals surface area contributed by atoms with E-state index in [0.29, 0.717) is 6.54 Å². The number of nitrogens with zero attached hydrogens (tertiary/aromatic N) is 4. The molecule has 2 rings (SSSR count). The van der Waals surface area contributed by atoms with Crippen molar-refractivity contribution < 1.29 is 0 Å². The van der Waals surface area contributed by atoms with Crippen LogP contribution in [0.25, 0.3) is 0 Å². The summed E-state index contributed by atoms with van der Waals surface area (Å²) in [4.78, 5) is 6.82. The highest BCUT2D eigenvalue weighted by atomic mass is 15.3. The zero-order valence-corrected chi connectivity index (χ0v) is 8.67. The molecule has 88 valence electrons. The SMILES string of the molecule is N=NN.NCCc1c[nH]cn1.c1c[nH]nn1. The lowest BCUT2D eigenvalue weighted by Crippen LogP contribution is -2.02. The molecule has 2 heterocycles. The van der Waals surface area contributed by atoms with Crippen molar-refractivity contribution in [3.8, 4) is 0 Å². The van der Waals surface area contributed by atoms with Crippen LogP contribution in [0.15, 0.2) is 30.1 Å². The largest absolute Gasteiger partial charge is 0.351 e. The maximum atomic E-state index is 5.61. The topological polar surface area (TPSA) is 158 Å². The van der Waals surface area contributed by atoms with Gasteiger partial charge in [-0.1, -0.05) is 10.4 Å². The summed E-state index contributed by atoms with van der Waals surface area (Å²) in [5.74, 6) is 4.14. The highest BCUT2D eigenvalue weighted by molar-refractivity contribution is 4.93. The van der Waals surface area contributed by atoms with Crippen molar-refractivity contribution in [3.05, 3.63) is 30.6 Å². The average Bonchev–Trinajstić information content (AvgIpc) is 2.95. The maximum absolute atomic E-state index is 5.61. The smallest absolute Gasteiger partial charge is 0.0923 e.